The molecule has 4 nitrogen and oxygen atoms in total. The summed E-state index contributed by atoms with van der Waals surface area (Å²) in [7, 11) is 2.04. The number of hydrogen-bond acceptors (Lipinski definition) is 3. The van der Waals surface area contributed by atoms with Crippen LogP contribution >= 0.6 is 0 Å². The minimum Gasteiger partial charge on any atom is -0.399 e. The number of aromatic nitrogens is 2. The third kappa shape index (κ3) is 2.49. The summed E-state index contributed by atoms with van der Waals surface area (Å²) in [5.41, 5.74) is 9.50. The van der Waals surface area contributed by atoms with Crippen LogP contribution in [0.5, 0.6) is 0 Å². The van der Waals surface area contributed by atoms with Crippen LogP contribution in [0, 0.1) is 0 Å². The van der Waals surface area contributed by atoms with Crippen LogP contribution in [0.4, 0.5) is 5.69 Å². The van der Waals surface area contributed by atoms with Gasteiger partial charge in [0, 0.05) is 44.1 Å². The first-order chi connectivity index (χ1) is 9.24. The zero-order valence-corrected chi connectivity index (χ0v) is 11.3. The van der Waals surface area contributed by atoms with Gasteiger partial charge in [0.1, 0.15) is 5.82 Å². The van der Waals surface area contributed by atoms with Crippen LogP contribution in [0.3, 0.4) is 0 Å². The molecular formula is C15H20N4. The molecule has 0 spiro atoms. The molecule has 100 valence electrons. The van der Waals surface area contributed by atoms with Crippen molar-refractivity contribution in [2.75, 3.05) is 12.3 Å². The highest BCUT2D eigenvalue weighted by molar-refractivity contribution is 5.47. The van der Waals surface area contributed by atoms with Gasteiger partial charge in [-0.2, -0.15) is 0 Å². The molecule has 0 amide bonds. The highest BCUT2D eigenvalue weighted by Gasteiger charge is 2.21. The first-order valence-electron chi connectivity index (χ1n) is 6.82. The number of hydrogen-bond donors (Lipinski definition) is 2. The minimum atomic E-state index is 0.468. The molecule has 1 aromatic heterocycles. The van der Waals surface area contributed by atoms with Gasteiger partial charge in [0.15, 0.2) is 0 Å². The molecule has 0 saturated carbocycles. The first-order valence-corrected chi connectivity index (χ1v) is 6.82. The molecule has 0 fully saturated rings. The third-order valence-electron chi connectivity index (χ3n) is 3.91. The Morgan fingerprint density at radius 2 is 2.37 bits per heavy atom. The van der Waals surface area contributed by atoms with Crippen molar-refractivity contribution in [2.24, 2.45) is 7.05 Å². The lowest BCUT2D eigenvalue weighted by Crippen LogP contribution is -2.22. The Hall–Kier alpha value is -1.81. The fourth-order valence-electron chi connectivity index (χ4n) is 2.85. The van der Waals surface area contributed by atoms with Crippen molar-refractivity contribution in [1.29, 1.82) is 0 Å². The third-order valence-corrected chi connectivity index (χ3v) is 3.91. The lowest BCUT2D eigenvalue weighted by molar-refractivity contribution is 0.526. The molecule has 1 atom stereocenters. The Balaban J connectivity index is 1.60. The topological polar surface area (TPSA) is 55.9 Å². The molecule has 0 bridgehead atoms. The van der Waals surface area contributed by atoms with E-state index in [-0.39, 0.29) is 0 Å². The fourth-order valence-corrected chi connectivity index (χ4v) is 2.85. The SMILES string of the molecule is Cn1ccnc1CCNC1CCc2cc(N)ccc21. The summed E-state index contributed by atoms with van der Waals surface area (Å²) in [6.07, 6.45) is 7.09. The first kappa shape index (κ1) is 12.2. The van der Waals surface area contributed by atoms with Crippen molar-refractivity contribution in [3.8, 4) is 0 Å². The van der Waals surface area contributed by atoms with Crippen molar-refractivity contribution >= 4 is 5.69 Å². The van der Waals surface area contributed by atoms with Crippen LogP contribution < -0.4 is 11.1 Å². The molecule has 3 rings (SSSR count). The lowest BCUT2D eigenvalue weighted by atomic mass is 10.1. The number of aryl methyl sites for hydroxylation is 2. The van der Waals surface area contributed by atoms with Gasteiger partial charge in [-0.25, -0.2) is 4.98 Å². The maximum absolute atomic E-state index is 5.83. The van der Waals surface area contributed by atoms with E-state index < -0.39 is 0 Å². The van der Waals surface area contributed by atoms with E-state index in [4.69, 9.17) is 5.73 Å². The van der Waals surface area contributed by atoms with Crippen molar-refractivity contribution in [1.82, 2.24) is 14.9 Å². The van der Waals surface area contributed by atoms with E-state index in [1.165, 1.54) is 17.5 Å². The quantitative estimate of drug-likeness (QED) is 0.820. The van der Waals surface area contributed by atoms with Crippen molar-refractivity contribution in [3.63, 3.8) is 0 Å². The Morgan fingerprint density at radius 1 is 1.47 bits per heavy atom. The van der Waals surface area contributed by atoms with Crippen LogP contribution in [-0.2, 0) is 19.9 Å². The Kier molecular flexibility index (Phi) is 3.25. The van der Waals surface area contributed by atoms with Gasteiger partial charge in [-0.15, -0.1) is 0 Å². The van der Waals surface area contributed by atoms with Gasteiger partial charge in [-0.3, -0.25) is 0 Å². The van der Waals surface area contributed by atoms with E-state index in [1.807, 2.05) is 25.5 Å². The summed E-state index contributed by atoms with van der Waals surface area (Å²) >= 11 is 0. The molecule has 19 heavy (non-hydrogen) atoms. The van der Waals surface area contributed by atoms with E-state index >= 15 is 0 Å². The summed E-state index contributed by atoms with van der Waals surface area (Å²) in [4.78, 5) is 4.34. The predicted octanol–water partition coefficient (Wildman–Crippen LogP) is 1.82. The Bertz CT molecular complexity index is 573. The number of rotatable bonds is 4. The molecule has 1 heterocycles. The number of fused-ring (bicyclic) bond motifs is 1. The van der Waals surface area contributed by atoms with Gasteiger partial charge in [0.05, 0.1) is 0 Å². The maximum Gasteiger partial charge on any atom is 0.109 e. The van der Waals surface area contributed by atoms with Crippen LogP contribution in [0.15, 0.2) is 30.6 Å². The number of nitrogens with two attached hydrogens (primary N) is 1. The second kappa shape index (κ2) is 5.05. The van der Waals surface area contributed by atoms with Gasteiger partial charge < -0.3 is 15.6 Å². The van der Waals surface area contributed by atoms with Crippen molar-refractivity contribution in [3.05, 3.63) is 47.5 Å². The fraction of sp³-hybridized carbons (Fsp3) is 0.400. The summed E-state index contributed by atoms with van der Waals surface area (Å²) < 4.78 is 2.07. The average Bonchev–Trinajstić information content (AvgIpc) is 2.97. The van der Waals surface area contributed by atoms with E-state index in [2.05, 4.69) is 27.0 Å². The monoisotopic (exact) mass is 256 g/mol. The van der Waals surface area contributed by atoms with Crippen LogP contribution in [0.1, 0.15) is 29.4 Å². The second-order valence-electron chi connectivity index (χ2n) is 5.21. The summed E-state index contributed by atoms with van der Waals surface area (Å²) in [6, 6.07) is 6.74. The highest BCUT2D eigenvalue weighted by atomic mass is 15.0. The zero-order chi connectivity index (χ0) is 13.2. The van der Waals surface area contributed by atoms with Gasteiger partial charge in [-0.05, 0) is 36.1 Å². The molecule has 0 saturated heterocycles. The summed E-state index contributed by atoms with van der Waals surface area (Å²) in [5.74, 6) is 1.13. The lowest BCUT2D eigenvalue weighted by Gasteiger charge is -2.14. The van der Waals surface area contributed by atoms with E-state index in [9.17, 15) is 0 Å². The largest absolute Gasteiger partial charge is 0.399 e. The minimum absolute atomic E-state index is 0.468. The normalized spacial score (nSPS) is 17.6. The molecule has 2 aromatic rings. The predicted molar refractivity (Wildman–Crippen MR) is 76.8 cm³/mol. The molecule has 1 aliphatic rings. The zero-order valence-electron chi connectivity index (χ0n) is 11.3. The summed E-state index contributed by atoms with van der Waals surface area (Å²) in [6.45, 7) is 0.958. The maximum atomic E-state index is 5.83. The molecule has 0 radical (unpaired) electrons. The van der Waals surface area contributed by atoms with E-state index in [0.29, 0.717) is 6.04 Å². The van der Waals surface area contributed by atoms with Gasteiger partial charge >= 0.3 is 0 Å². The average molecular weight is 256 g/mol. The standard InChI is InChI=1S/C15H20N4/c1-19-9-8-18-15(19)6-7-17-14-5-2-11-10-12(16)3-4-13(11)14/h3-4,8-10,14,17H,2,5-7,16H2,1H3. The molecular weight excluding hydrogens is 236 g/mol. The van der Waals surface area contributed by atoms with Gasteiger partial charge in [0.25, 0.3) is 0 Å². The number of nitrogens with one attached hydrogen (secondary N) is 1. The van der Waals surface area contributed by atoms with Crippen LogP contribution in [0.25, 0.3) is 0 Å². The molecule has 1 unspecified atom stereocenters. The van der Waals surface area contributed by atoms with Crippen LogP contribution in [-0.4, -0.2) is 16.1 Å². The Morgan fingerprint density at radius 3 is 3.16 bits per heavy atom. The van der Waals surface area contributed by atoms with Crippen molar-refractivity contribution < 1.29 is 0 Å². The van der Waals surface area contributed by atoms with Gasteiger partial charge in [0.2, 0.25) is 0 Å². The number of nitrogen functional groups attached to an aromatic ring is 1. The Labute approximate surface area is 113 Å². The van der Waals surface area contributed by atoms with Gasteiger partial charge in [-0.1, -0.05) is 6.07 Å². The molecule has 4 heteroatoms. The van der Waals surface area contributed by atoms with E-state index in [0.717, 1.165) is 30.9 Å². The molecule has 1 aliphatic carbocycles. The number of anilines is 1. The van der Waals surface area contributed by atoms with Crippen molar-refractivity contribution in [2.45, 2.75) is 25.3 Å². The number of imidazole rings is 1. The number of benzene rings is 1. The highest BCUT2D eigenvalue weighted by Crippen LogP contribution is 2.32. The van der Waals surface area contributed by atoms with E-state index in [1.54, 1.807) is 0 Å². The number of nitrogens with zero attached hydrogens (tertiary/aromatic N) is 2. The molecule has 1 aromatic carbocycles. The smallest absolute Gasteiger partial charge is 0.109 e. The summed E-state index contributed by atoms with van der Waals surface area (Å²) in [5, 5.41) is 3.63. The van der Waals surface area contributed by atoms with Crippen LogP contribution in [0.2, 0.25) is 0 Å². The second-order valence-corrected chi connectivity index (χ2v) is 5.21. The molecule has 0 aliphatic heterocycles. The molecule has 3 N–H and O–H groups in total.